The summed E-state index contributed by atoms with van der Waals surface area (Å²) in [4.78, 5) is 24.4. The number of esters is 1. The largest absolute Gasteiger partial charge is 0.466 e. The SMILES string of the molecule is CCCC/C=C\C/C=C\CCCCCCCC(=O)OCCCCCCCCCCCCCCCCCCCCCC(=O)NC(CO)C(O)CCCCCCCCCCC. The highest BCUT2D eigenvalue weighted by Crippen LogP contribution is 2.16. The van der Waals surface area contributed by atoms with Crippen LogP contribution in [0.15, 0.2) is 24.3 Å². The number of unbranched alkanes of at least 4 members (excludes halogenated alkanes) is 33. The summed E-state index contributed by atoms with van der Waals surface area (Å²) in [6.45, 7) is 4.88. The zero-order chi connectivity index (χ0) is 43.0. The average molecular weight is 832 g/mol. The normalized spacial score (nSPS) is 12.8. The summed E-state index contributed by atoms with van der Waals surface area (Å²) >= 11 is 0. The van der Waals surface area contributed by atoms with Crippen LogP contribution in [0.1, 0.15) is 277 Å². The zero-order valence-electron chi connectivity index (χ0n) is 39.5. The van der Waals surface area contributed by atoms with Gasteiger partial charge < -0.3 is 20.3 Å². The van der Waals surface area contributed by atoms with Gasteiger partial charge in [-0.1, -0.05) is 237 Å². The Labute approximate surface area is 367 Å². The highest BCUT2D eigenvalue weighted by atomic mass is 16.5. The van der Waals surface area contributed by atoms with Gasteiger partial charge in [-0.2, -0.15) is 0 Å². The van der Waals surface area contributed by atoms with Crippen molar-refractivity contribution in [2.24, 2.45) is 0 Å². The first kappa shape index (κ1) is 57.3. The van der Waals surface area contributed by atoms with Crippen molar-refractivity contribution in [3.63, 3.8) is 0 Å². The van der Waals surface area contributed by atoms with Gasteiger partial charge in [0.25, 0.3) is 0 Å². The number of rotatable bonds is 48. The molecule has 0 bridgehead atoms. The maximum atomic E-state index is 12.4. The number of ether oxygens (including phenoxy) is 1. The van der Waals surface area contributed by atoms with Gasteiger partial charge in [0.05, 0.1) is 25.4 Å². The monoisotopic (exact) mass is 832 g/mol. The van der Waals surface area contributed by atoms with Crippen molar-refractivity contribution in [2.75, 3.05) is 13.2 Å². The molecule has 0 rings (SSSR count). The third-order valence-electron chi connectivity index (χ3n) is 12.0. The summed E-state index contributed by atoms with van der Waals surface area (Å²) in [6.07, 6.45) is 57.3. The van der Waals surface area contributed by atoms with Crippen LogP contribution in [-0.4, -0.2) is 47.4 Å². The van der Waals surface area contributed by atoms with E-state index in [-0.39, 0.29) is 18.5 Å². The van der Waals surface area contributed by atoms with Crippen molar-refractivity contribution in [3.05, 3.63) is 24.3 Å². The van der Waals surface area contributed by atoms with Gasteiger partial charge in [-0.15, -0.1) is 0 Å². The molecule has 0 saturated heterocycles. The number of aliphatic hydroxyl groups excluding tert-OH is 2. The molecule has 348 valence electrons. The lowest BCUT2D eigenvalue weighted by Gasteiger charge is -2.22. The van der Waals surface area contributed by atoms with Crippen molar-refractivity contribution in [2.45, 2.75) is 289 Å². The van der Waals surface area contributed by atoms with Crippen LogP contribution in [0.4, 0.5) is 0 Å². The van der Waals surface area contributed by atoms with Crippen LogP contribution in [0.25, 0.3) is 0 Å². The van der Waals surface area contributed by atoms with E-state index in [2.05, 4.69) is 43.5 Å². The van der Waals surface area contributed by atoms with Crippen LogP contribution >= 0.6 is 0 Å². The molecule has 0 fully saturated rings. The van der Waals surface area contributed by atoms with E-state index in [0.717, 1.165) is 51.4 Å². The van der Waals surface area contributed by atoms with Crippen LogP contribution in [0.2, 0.25) is 0 Å². The fourth-order valence-corrected chi connectivity index (χ4v) is 7.95. The second kappa shape index (κ2) is 49.0. The molecule has 1 amide bonds. The number of carbonyl (C=O) groups is 2. The Bertz CT molecular complexity index is 920. The first-order chi connectivity index (χ1) is 29.0. The van der Waals surface area contributed by atoms with Gasteiger partial charge in [0, 0.05) is 12.8 Å². The number of hydrogen-bond donors (Lipinski definition) is 3. The van der Waals surface area contributed by atoms with E-state index in [9.17, 15) is 19.8 Å². The van der Waals surface area contributed by atoms with Crippen LogP contribution in [0.3, 0.4) is 0 Å². The van der Waals surface area contributed by atoms with Crippen LogP contribution in [0, 0.1) is 0 Å². The number of carbonyl (C=O) groups excluding carboxylic acids is 2. The molecule has 0 aliphatic carbocycles. The second-order valence-electron chi connectivity index (χ2n) is 17.9. The number of hydrogen-bond acceptors (Lipinski definition) is 5. The molecule has 0 saturated carbocycles. The topological polar surface area (TPSA) is 95.9 Å². The molecule has 0 heterocycles. The highest BCUT2D eigenvalue weighted by molar-refractivity contribution is 5.76. The van der Waals surface area contributed by atoms with E-state index in [4.69, 9.17) is 4.74 Å². The number of aliphatic hydroxyl groups is 2. The molecule has 0 aromatic heterocycles. The standard InChI is InChI=1S/C53H101NO5/c1-3-5-7-9-11-13-14-15-24-27-31-35-39-43-47-53(58)59-48-44-40-36-32-28-25-22-20-18-16-17-19-21-23-26-30-34-38-42-46-52(57)54-50(49-55)51(56)45-41-37-33-29-12-10-8-6-4-2/h9,11,14-15,50-51,55-56H,3-8,10,12-13,16-49H2,1-2H3,(H,54,57)/b11-9-,15-14-. The summed E-state index contributed by atoms with van der Waals surface area (Å²) in [5.74, 6) is -0.0467. The number of allylic oxidation sites excluding steroid dienone is 4. The molecule has 2 unspecified atom stereocenters. The summed E-state index contributed by atoms with van der Waals surface area (Å²) in [5, 5.41) is 23.1. The van der Waals surface area contributed by atoms with E-state index in [1.807, 2.05) is 0 Å². The van der Waals surface area contributed by atoms with E-state index in [0.29, 0.717) is 25.9 Å². The van der Waals surface area contributed by atoms with Gasteiger partial charge >= 0.3 is 5.97 Å². The van der Waals surface area contributed by atoms with Crippen molar-refractivity contribution < 1.29 is 24.5 Å². The molecule has 0 aromatic carbocycles. The minimum atomic E-state index is -0.663. The lowest BCUT2D eigenvalue weighted by molar-refractivity contribution is -0.143. The molecule has 6 heteroatoms. The summed E-state index contributed by atoms with van der Waals surface area (Å²) in [5.41, 5.74) is 0. The molecule has 59 heavy (non-hydrogen) atoms. The first-order valence-electron chi connectivity index (χ1n) is 26.1. The average Bonchev–Trinajstić information content (AvgIpc) is 3.24. The third-order valence-corrected chi connectivity index (χ3v) is 12.0. The number of nitrogens with one attached hydrogen (secondary N) is 1. The Morgan fingerprint density at radius 1 is 0.475 bits per heavy atom. The van der Waals surface area contributed by atoms with E-state index < -0.39 is 12.1 Å². The summed E-state index contributed by atoms with van der Waals surface area (Å²) in [6, 6.07) is -0.541. The maximum Gasteiger partial charge on any atom is 0.305 e. The molecule has 6 nitrogen and oxygen atoms in total. The molecule has 3 N–H and O–H groups in total. The minimum Gasteiger partial charge on any atom is -0.466 e. The number of amides is 1. The first-order valence-corrected chi connectivity index (χ1v) is 26.1. The quantitative estimate of drug-likeness (QED) is 0.0322. The van der Waals surface area contributed by atoms with E-state index in [1.54, 1.807) is 0 Å². The lowest BCUT2D eigenvalue weighted by atomic mass is 10.0. The van der Waals surface area contributed by atoms with Gasteiger partial charge in [-0.3, -0.25) is 9.59 Å². The van der Waals surface area contributed by atoms with E-state index >= 15 is 0 Å². The Morgan fingerprint density at radius 3 is 1.34 bits per heavy atom. The molecule has 0 aliphatic heterocycles. The molecular weight excluding hydrogens is 731 g/mol. The van der Waals surface area contributed by atoms with Gasteiger partial charge in [0.15, 0.2) is 0 Å². The fraction of sp³-hybridized carbons (Fsp3) is 0.887. The van der Waals surface area contributed by atoms with Crippen LogP contribution in [0.5, 0.6) is 0 Å². The lowest BCUT2D eigenvalue weighted by Crippen LogP contribution is -2.45. The van der Waals surface area contributed by atoms with Crippen molar-refractivity contribution in [1.82, 2.24) is 5.32 Å². The Morgan fingerprint density at radius 2 is 0.864 bits per heavy atom. The third kappa shape index (κ3) is 45.7. The Balaban J connectivity index is 3.38. The maximum absolute atomic E-state index is 12.4. The minimum absolute atomic E-state index is 0.00599. The Hall–Kier alpha value is -1.66. The van der Waals surface area contributed by atoms with Gasteiger partial charge in [0.2, 0.25) is 5.91 Å². The molecule has 0 radical (unpaired) electrons. The molecular formula is C53H101NO5. The molecule has 2 atom stereocenters. The predicted octanol–water partition coefficient (Wildman–Crippen LogP) is 15.5. The smallest absolute Gasteiger partial charge is 0.305 e. The van der Waals surface area contributed by atoms with Gasteiger partial charge in [0.1, 0.15) is 0 Å². The van der Waals surface area contributed by atoms with Crippen LogP contribution < -0.4 is 5.32 Å². The predicted molar refractivity (Wildman–Crippen MR) is 255 cm³/mol. The fourth-order valence-electron chi connectivity index (χ4n) is 7.95. The summed E-state index contributed by atoms with van der Waals surface area (Å²) < 4.78 is 5.46. The molecule has 0 spiro atoms. The van der Waals surface area contributed by atoms with Crippen LogP contribution in [-0.2, 0) is 14.3 Å². The Kier molecular flexibility index (Phi) is 47.6. The van der Waals surface area contributed by atoms with Crippen molar-refractivity contribution in [1.29, 1.82) is 0 Å². The van der Waals surface area contributed by atoms with E-state index in [1.165, 1.54) is 193 Å². The van der Waals surface area contributed by atoms with Crippen molar-refractivity contribution >= 4 is 11.9 Å². The summed E-state index contributed by atoms with van der Waals surface area (Å²) in [7, 11) is 0. The van der Waals surface area contributed by atoms with Gasteiger partial charge in [-0.05, 0) is 51.4 Å². The van der Waals surface area contributed by atoms with Crippen molar-refractivity contribution in [3.8, 4) is 0 Å². The van der Waals surface area contributed by atoms with Gasteiger partial charge in [-0.25, -0.2) is 0 Å². The highest BCUT2D eigenvalue weighted by Gasteiger charge is 2.20. The molecule has 0 aromatic rings. The zero-order valence-corrected chi connectivity index (χ0v) is 39.5. The second-order valence-corrected chi connectivity index (χ2v) is 17.9. The molecule has 0 aliphatic rings.